The van der Waals surface area contributed by atoms with Gasteiger partial charge in [0.15, 0.2) is 0 Å². The molecule has 1 aromatic rings. The summed E-state index contributed by atoms with van der Waals surface area (Å²) >= 11 is 3.10. The molecule has 7 heteroatoms. The molecular weight excluding hydrogens is 314 g/mol. The number of benzene rings is 1. The third-order valence-electron chi connectivity index (χ3n) is 2.17. The third-order valence-corrected chi connectivity index (χ3v) is 2.63. The van der Waals surface area contributed by atoms with E-state index in [1.165, 1.54) is 12.1 Å². The van der Waals surface area contributed by atoms with Crippen LogP contribution < -0.4 is 0 Å². The van der Waals surface area contributed by atoms with Crippen molar-refractivity contribution in [2.45, 2.75) is 0 Å². The Bertz CT molecular complexity index is 585. The average molecular weight is 322 g/mol. The van der Waals surface area contributed by atoms with Crippen LogP contribution in [0.3, 0.4) is 0 Å². The van der Waals surface area contributed by atoms with E-state index < -0.39 is 10.8 Å². The summed E-state index contributed by atoms with van der Waals surface area (Å²) < 4.78 is 0.405. The van der Waals surface area contributed by atoms with E-state index in [9.17, 15) is 14.9 Å². The van der Waals surface area contributed by atoms with Crippen LogP contribution in [-0.4, -0.2) is 28.8 Å². The molecule has 6 nitrogen and oxygen atoms in total. The Morgan fingerprint density at radius 3 is 2.68 bits per heavy atom. The molecule has 1 aromatic carbocycles. The third kappa shape index (κ3) is 3.80. The van der Waals surface area contributed by atoms with Gasteiger partial charge in [-0.2, -0.15) is 5.26 Å². The molecule has 0 aliphatic carbocycles. The van der Waals surface area contributed by atoms with E-state index in [1.807, 2.05) is 6.07 Å². The van der Waals surface area contributed by atoms with E-state index in [4.69, 9.17) is 11.7 Å². The number of halogens is 1. The van der Waals surface area contributed by atoms with Gasteiger partial charge in [-0.1, -0.05) is 21.9 Å². The number of rotatable bonds is 4. The Morgan fingerprint density at radius 1 is 1.47 bits per heavy atom. The van der Waals surface area contributed by atoms with Crippen LogP contribution in [0.2, 0.25) is 0 Å². The second-order valence-electron chi connectivity index (χ2n) is 3.48. The fourth-order valence-corrected chi connectivity index (χ4v) is 1.86. The zero-order valence-electron chi connectivity index (χ0n) is 9.67. The maximum atomic E-state index is 12.1. The summed E-state index contributed by atoms with van der Waals surface area (Å²) in [4.78, 5) is 23.3. The fraction of sp³-hybridized carbons (Fsp3) is 0.167. The number of nitriles is 1. The van der Waals surface area contributed by atoms with E-state index in [-0.39, 0.29) is 24.3 Å². The first-order chi connectivity index (χ1) is 8.99. The summed E-state index contributed by atoms with van der Waals surface area (Å²) in [7, 11) is 0. The lowest BCUT2D eigenvalue weighted by molar-refractivity contribution is -0.385. The van der Waals surface area contributed by atoms with Crippen LogP contribution in [0.1, 0.15) is 10.4 Å². The predicted molar refractivity (Wildman–Crippen MR) is 71.1 cm³/mol. The minimum absolute atomic E-state index is 0.0350. The molecule has 0 saturated carbocycles. The molecule has 0 bridgehead atoms. The van der Waals surface area contributed by atoms with Gasteiger partial charge in [-0.15, -0.1) is 6.42 Å². The summed E-state index contributed by atoms with van der Waals surface area (Å²) in [5, 5.41) is 19.4. The lowest BCUT2D eigenvalue weighted by atomic mass is 10.1. The number of hydrogen-bond donors (Lipinski definition) is 0. The van der Waals surface area contributed by atoms with Gasteiger partial charge in [0.1, 0.15) is 6.54 Å². The Balaban J connectivity index is 3.15. The van der Waals surface area contributed by atoms with Crippen LogP contribution in [0.25, 0.3) is 0 Å². The summed E-state index contributed by atoms with van der Waals surface area (Å²) in [5.41, 5.74) is -0.109. The number of amides is 1. The van der Waals surface area contributed by atoms with Gasteiger partial charge < -0.3 is 4.90 Å². The largest absolute Gasteiger partial charge is 0.314 e. The maximum Gasteiger partial charge on any atom is 0.271 e. The molecule has 0 atom stereocenters. The number of nitrogens with zero attached hydrogens (tertiary/aromatic N) is 3. The summed E-state index contributed by atoms with van der Waals surface area (Å²) in [6, 6.07) is 5.69. The van der Waals surface area contributed by atoms with Gasteiger partial charge >= 0.3 is 0 Å². The molecule has 0 unspecified atom stereocenters. The van der Waals surface area contributed by atoms with Crippen LogP contribution in [0.4, 0.5) is 5.69 Å². The monoisotopic (exact) mass is 321 g/mol. The lowest BCUT2D eigenvalue weighted by Crippen LogP contribution is -2.31. The van der Waals surface area contributed by atoms with Crippen molar-refractivity contribution in [1.82, 2.24) is 4.90 Å². The molecule has 0 radical (unpaired) electrons. The molecule has 19 heavy (non-hydrogen) atoms. The number of hydrogen-bond acceptors (Lipinski definition) is 4. The lowest BCUT2D eigenvalue weighted by Gasteiger charge is -2.16. The molecule has 0 heterocycles. The van der Waals surface area contributed by atoms with Crippen molar-refractivity contribution >= 4 is 27.5 Å². The van der Waals surface area contributed by atoms with Gasteiger partial charge in [-0.25, -0.2) is 0 Å². The Kier molecular flexibility index (Phi) is 5.04. The van der Waals surface area contributed by atoms with Crippen LogP contribution in [0.15, 0.2) is 22.7 Å². The SMILES string of the molecule is C#CCN(CC#N)C(=O)c1cc(Br)cc([N+](=O)[O-])c1. The number of terminal acetylenes is 1. The highest BCUT2D eigenvalue weighted by atomic mass is 79.9. The summed E-state index contributed by atoms with van der Waals surface area (Å²) in [5.74, 6) is 1.74. The molecule has 0 aromatic heterocycles. The first kappa shape index (κ1) is 14.7. The number of carbonyl (C=O) groups excluding carboxylic acids is 1. The van der Waals surface area contributed by atoms with Gasteiger partial charge in [-0.3, -0.25) is 14.9 Å². The highest BCUT2D eigenvalue weighted by Gasteiger charge is 2.18. The van der Waals surface area contributed by atoms with Crippen LogP contribution >= 0.6 is 15.9 Å². The van der Waals surface area contributed by atoms with Gasteiger partial charge in [0.25, 0.3) is 11.6 Å². The van der Waals surface area contributed by atoms with E-state index in [0.29, 0.717) is 4.47 Å². The number of non-ortho nitro benzene ring substituents is 1. The van der Waals surface area contributed by atoms with Crippen molar-refractivity contribution in [1.29, 1.82) is 5.26 Å². The van der Waals surface area contributed by atoms with E-state index in [2.05, 4.69) is 21.9 Å². The molecule has 0 aliphatic heterocycles. The van der Waals surface area contributed by atoms with E-state index in [0.717, 1.165) is 11.0 Å². The van der Waals surface area contributed by atoms with E-state index in [1.54, 1.807) is 0 Å². The van der Waals surface area contributed by atoms with Crippen LogP contribution in [0, 0.1) is 33.8 Å². The Hall–Kier alpha value is -2.38. The molecule has 1 amide bonds. The zero-order valence-corrected chi connectivity index (χ0v) is 11.3. The Morgan fingerprint density at radius 2 is 2.16 bits per heavy atom. The highest BCUT2D eigenvalue weighted by Crippen LogP contribution is 2.22. The number of nitro groups is 1. The van der Waals surface area contributed by atoms with Crippen molar-refractivity contribution < 1.29 is 9.72 Å². The molecule has 0 N–H and O–H groups in total. The molecule has 96 valence electrons. The first-order valence-electron chi connectivity index (χ1n) is 5.04. The van der Waals surface area contributed by atoms with Crippen LogP contribution in [0.5, 0.6) is 0 Å². The number of carbonyl (C=O) groups is 1. The van der Waals surface area contributed by atoms with E-state index >= 15 is 0 Å². The molecule has 0 fully saturated rings. The molecule has 0 spiro atoms. The second kappa shape index (κ2) is 6.53. The maximum absolute atomic E-state index is 12.1. The normalized spacial score (nSPS) is 9.21. The average Bonchev–Trinajstić information content (AvgIpc) is 2.37. The smallest absolute Gasteiger partial charge is 0.271 e. The Labute approximate surface area is 117 Å². The fourth-order valence-electron chi connectivity index (χ4n) is 1.38. The minimum Gasteiger partial charge on any atom is -0.314 e. The molecular formula is C12H8BrN3O3. The van der Waals surface area contributed by atoms with Gasteiger partial charge in [0, 0.05) is 22.2 Å². The molecule has 0 aliphatic rings. The van der Waals surface area contributed by atoms with Crippen molar-refractivity contribution in [3.05, 3.63) is 38.3 Å². The topological polar surface area (TPSA) is 87.2 Å². The molecule has 0 saturated heterocycles. The van der Waals surface area contributed by atoms with Crippen molar-refractivity contribution in [3.63, 3.8) is 0 Å². The quantitative estimate of drug-likeness (QED) is 0.367. The minimum atomic E-state index is -0.600. The number of nitro benzene ring substituents is 1. The van der Waals surface area contributed by atoms with Gasteiger partial charge in [0.2, 0.25) is 0 Å². The standard InChI is InChI=1S/C12H8BrN3O3/c1-2-4-15(5-3-14)12(17)9-6-10(13)8-11(7-9)16(18)19/h1,6-8H,4-5H2. The van der Waals surface area contributed by atoms with Crippen LogP contribution in [-0.2, 0) is 0 Å². The molecule has 1 rings (SSSR count). The zero-order chi connectivity index (χ0) is 14.4. The highest BCUT2D eigenvalue weighted by molar-refractivity contribution is 9.10. The second-order valence-corrected chi connectivity index (χ2v) is 4.39. The summed E-state index contributed by atoms with van der Waals surface area (Å²) in [6.07, 6.45) is 5.11. The van der Waals surface area contributed by atoms with Gasteiger partial charge in [0.05, 0.1) is 17.5 Å². The van der Waals surface area contributed by atoms with Crippen molar-refractivity contribution in [2.75, 3.05) is 13.1 Å². The first-order valence-corrected chi connectivity index (χ1v) is 5.83. The summed E-state index contributed by atoms with van der Waals surface area (Å²) in [6.45, 7) is -0.212. The van der Waals surface area contributed by atoms with Crippen molar-refractivity contribution in [2.24, 2.45) is 0 Å². The van der Waals surface area contributed by atoms with Gasteiger partial charge in [-0.05, 0) is 6.07 Å². The predicted octanol–water partition coefficient (Wildman–Crippen LogP) is 1.96. The van der Waals surface area contributed by atoms with Crippen molar-refractivity contribution in [3.8, 4) is 18.4 Å².